The Labute approximate surface area is 198 Å². The lowest BCUT2D eigenvalue weighted by atomic mass is 10.1. The lowest BCUT2D eigenvalue weighted by Gasteiger charge is -2.24. The van der Waals surface area contributed by atoms with Gasteiger partial charge in [0.1, 0.15) is 0 Å². The van der Waals surface area contributed by atoms with Gasteiger partial charge in [-0.1, -0.05) is 32.6 Å². The molecular weight excluding hydrogens is 416 g/mol. The van der Waals surface area contributed by atoms with Crippen molar-refractivity contribution < 1.29 is 14.7 Å². The van der Waals surface area contributed by atoms with Gasteiger partial charge in [-0.2, -0.15) is 0 Å². The van der Waals surface area contributed by atoms with Gasteiger partial charge in [-0.05, 0) is 55.0 Å². The molecule has 1 atom stereocenters. The SMILES string of the molecule is CCCCCC[C@H](O)CC(=O)N(C(=O)Nc1ccc(N(C)C)cc1)c1ccc(N(C)C)cc1. The number of hydrogen-bond acceptors (Lipinski definition) is 5. The number of hydrogen-bond donors (Lipinski definition) is 2. The zero-order chi connectivity index (χ0) is 24.4. The third-order valence-corrected chi connectivity index (χ3v) is 5.51. The maximum atomic E-state index is 13.2. The van der Waals surface area contributed by atoms with E-state index in [0.29, 0.717) is 17.8 Å². The highest BCUT2D eigenvalue weighted by Crippen LogP contribution is 2.23. The number of nitrogens with zero attached hydrogens (tertiary/aromatic N) is 3. The Morgan fingerprint density at radius 2 is 1.33 bits per heavy atom. The number of benzene rings is 2. The van der Waals surface area contributed by atoms with Gasteiger partial charge in [0.25, 0.3) is 0 Å². The van der Waals surface area contributed by atoms with Crippen molar-refractivity contribution in [2.75, 3.05) is 48.2 Å². The Morgan fingerprint density at radius 1 is 0.818 bits per heavy atom. The predicted molar refractivity (Wildman–Crippen MR) is 137 cm³/mol. The molecule has 7 nitrogen and oxygen atoms in total. The molecule has 33 heavy (non-hydrogen) atoms. The van der Waals surface area contributed by atoms with Gasteiger partial charge >= 0.3 is 6.03 Å². The van der Waals surface area contributed by atoms with Gasteiger partial charge in [-0.3, -0.25) is 4.79 Å². The fourth-order valence-electron chi connectivity index (χ4n) is 3.50. The van der Waals surface area contributed by atoms with Gasteiger partial charge in [0, 0.05) is 45.3 Å². The van der Waals surface area contributed by atoms with E-state index >= 15 is 0 Å². The monoisotopic (exact) mass is 454 g/mol. The maximum Gasteiger partial charge on any atom is 0.333 e. The molecule has 0 bridgehead atoms. The molecule has 2 aromatic carbocycles. The molecule has 2 aromatic rings. The van der Waals surface area contributed by atoms with Crippen molar-refractivity contribution in [3.05, 3.63) is 48.5 Å². The number of unbranched alkanes of at least 4 members (excludes halogenated alkanes) is 3. The fourth-order valence-corrected chi connectivity index (χ4v) is 3.50. The van der Waals surface area contributed by atoms with Gasteiger partial charge in [0.2, 0.25) is 5.91 Å². The topological polar surface area (TPSA) is 76.1 Å². The fraction of sp³-hybridized carbons (Fsp3) is 0.462. The van der Waals surface area contributed by atoms with Crippen molar-refractivity contribution in [2.45, 2.75) is 51.6 Å². The molecule has 2 rings (SSSR count). The molecule has 0 unspecified atom stereocenters. The van der Waals surface area contributed by atoms with E-state index < -0.39 is 18.0 Å². The summed E-state index contributed by atoms with van der Waals surface area (Å²) in [5, 5.41) is 13.2. The molecule has 0 saturated heterocycles. The van der Waals surface area contributed by atoms with E-state index in [0.717, 1.165) is 42.0 Å². The average Bonchev–Trinajstić information content (AvgIpc) is 2.77. The number of carbonyl (C=O) groups is 2. The molecule has 2 N–H and O–H groups in total. The van der Waals surface area contributed by atoms with Crippen molar-refractivity contribution in [2.24, 2.45) is 0 Å². The van der Waals surface area contributed by atoms with Crippen LogP contribution in [-0.2, 0) is 4.79 Å². The third-order valence-electron chi connectivity index (χ3n) is 5.51. The van der Waals surface area contributed by atoms with E-state index in [1.807, 2.05) is 62.3 Å². The Kier molecular flexibility index (Phi) is 10.2. The molecular formula is C26H38N4O3. The number of urea groups is 1. The minimum absolute atomic E-state index is 0.103. The normalized spacial score (nSPS) is 11.6. The van der Waals surface area contributed by atoms with Crippen LogP contribution in [0.4, 0.5) is 27.5 Å². The van der Waals surface area contributed by atoms with E-state index in [9.17, 15) is 14.7 Å². The molecule has 0 saturated carbocycles. The third kappa shape index (κ3) is 8.09. The highest BCUT2D eigenvalue weighted by Gasteiger charge is 2.26. The molecule has 180 valence electrons. The lowest BCUT2D eigenvalue weighted by molar-refractivity contribution is -0.119. The van der Waals surface area contributed by atoms with Crippen molar-refractivity contribution in [1.82, 2.24) is 0 Å². The van der Waals surface area contributed by atoms with E-state index in [2.05, 4.69) is 12.2 Å². The van der Waals surface area contributed by atoms with Crippen molar-refractivity contribution >= 4 is 34.7 Å². The summed E-state index contributed by atoms with van der Waals surface area (Å²) in [4.78, 5) is 31.3. The van der Waals surface area contributed by atoms with E-state index in [4.69, 9.17) is 0 Å². The summed E-state index contributed by atoms with van der Waals surface area (Å²) >= 11 is 0. The van der Waals surface area contributed by atoms with Crippen LogP contribution < -0.4 is 20.0 Å². The average molecular weight is 455 g/mol. The Balaban J connectivity index is 2.18. The molecule has 0 aliphatic heterocycles. The van der Waals surface area contributed by atoms with Crippen LogP contribution in [0, 0.1) is 0 Å². The molecule has 0 aromatic heterocycles. The molecule has 0 spiro atoms. The molecule has 0 aliphatic carbocycles. The molecule has 0 radical (unpaired) electrons. The summed E-state index contributed by atoms with van der Waals surface area (Å²) < 4.78 is 0. The molecule has 0 fully saturated rings. The van der Waals surface area contributed by atoms with Crippen LogP contribution in [-0.4, -0.2) is 51.3 Å². The van der Waals surface area contributed by atoms with E-state index in [1.165, 1.54) is 0 Å². The summed E-state index contributed by atoms with van der Waals surface area (Å²) in [6.45, 7) is 2.13. The summed E-state index contributed by atoms with van der Waals surface area (Å²) in [5.74, 6) is -0.432. The number of aliphatic hydroxyl groups is 1. The smallest absolute Gasteiger partial charge is 0.333 e. The quantitative estimate of drug-likeness (QED) is 0.462. The number of amides is 3. The van der Waals surface area contributed by atoms with Crippen LogP contribution in [0.15, 0.2) is 48.5 Å². The van der Waals surface area contributed by atoms with Crippen LogP contribution >= 0.6 is 0 Å². The number of aliphatic hydroxyl groups excluding tert-OH is 1. The summed E-state index contributed by atoms with van der Waals surface area (Å²) in [5.41, 5.74) is 3.02. The standard InChI is InChI=1S/C26H38N4O3/c1-6-7-8-9-10-24(31)19-25(32)30(23-17-15-22(16-18-23)29(4)5)26(33)27-20-11-13-21(14-12-20)28(2)3/h11-18,24,31H,6-10,19H2,1-5H3,(H,27,33)/t24-/m0/s1. The second-order valence-corrected chi connectivity index (χ2v) is 8.72. The zero-order valence-corrected chi connectivity index (χ0v) is 20.5. The first kappa shape index (κ1) is 26.2. The van der Waals surface area contributed by atoms with Crippen LogP contribution in [0.3, 0.4) is 0 Å². The molecule has 0 heterocycles. The number of nitrogens with one attached hydrogen (secondary N) is 1. The van der Waals surface area contributed by atoms with Crippen LogP contribution in [0.1, 0.15) is 45.4 Å². The number of carbonyl (C=O) groups excluding carboxylic acids is 2. The molecule has 0 aliphatic rings. The highest BCUT2D eigenvalue weighted by atomic mass is 16.3. The van der Waals surface area contributed by atoms with Gasteiger partial charge in [0.15, 0.2) is 0 Å². The van der Waals surface area contributed by atoms with Crippen LogP contribution in [0.2, 0.25) is 0 Å². The van der Waals surface area contributed by atoms with Crippen molar-refractivity contribution in [3.63, 3.8) is 0 Å². The first-order valence-corrected chi connectivity index (χ1v) is 11.6. The Bertz CT molecular complexity index is 879. The minimum atomic E-state index is -0.773. The van der Waals surface area contributed by atoms with Gasteiger partial charge < -0.3 is 20.2 Å². The Hall–Kier alpha value is -3.06. The molecule has 3 amide bonds. The van der Waals surface area contributed by atoms with Crippen LogP contribution in [0.5, 0.6) is 0 Å². The largest absolute Gasteiger partial charge is 0.393 e. The van der Waals surface area contributed by atoms with Crippen LogP contribution in [0.25, 0.3) is 0 Å². The molecule has 7 heteroatoms. The first-order chi connectivity index (χ1) is 15.7. The van der Waals surface area contributed by atoms with Gasteiger partial charge in [-0.25, -0.2) is 9.69 Å². The number of anilines is 4. The van der Waals surface area contributed by atoms with Crippen molar-refractivity contribution in [3.8, 4) is 0 Å². The zero-order valence-electron chi connectivity index (χ0n) is 20.5. The lowest BCUT2D eigenvalue weighted by Crippen LogP contribution is -2.41. The summed E-state index contributed by atoms with van der Waals surface area (Å²) in [6.07, 6.45) is 3.79. The second kappa shape index (κ2) is 12.8. The van der Waals surface area contributed by atoms with E-state index in [1.54, 1.807) is 24.3 Å². The van der Waals surface area contributed by atoms with Gasteiger partial charge in [0.05, 0.1) is 18.2 Å². The maximum absolute atomic E-state index is 13.2. The second-order valence-electron chi connectivity index (χ2n) is 8.72. The van der Waals surface area contributed by atoms with Crippen molar-refractivity contribution in [1.29, 1.82) is 0 Å². The minimum Gasteiger partial charge on any atom is -0.393 e. The number of imide groups is 1. The number of rotatable bonds is 11. The first-order valence-electron chi connectivity index (χ1n) is 11.6. The summed E-state index contributed by atoms with van der Waals surface area (Å²) in [7, 11) is 7.74. The predicted octanol–water partition coefficient (Wildman–Crippen LogP) is 5.11. The van der Waals surface area contributed by atoms with Gasteiger partial charge in [-0.15, -0.1) is 0 Å². The van der Waals surface area contributed by atoms with E-state index in [-0.39, 0.29) is 6.42 Å². The highest BCUT2D eigenvalue weighted by molar-refractivity contribution is 6.18. The summed E-state index contributed by atoms with van der Waals surface area (Å²) in [6, 6.07) is 14.0. The Morgan fingerprint density at radius 3 is 1.85 bits per heavy atom.